The smallest absolute Gasteiger partial charge is 0.421 e. The minimum Gasteiger partial charge on any atom is -0.476 e. The van der Waals surface area contributed by atoms with Gasteiger partial charge in [0, 0.05) is 28.8 Å². The maximum absolute atomic E-state index is 14.8. The van der Waals surface area contributed by atoms with Gasteiger partial charge in [-0.25, -0.2) is 32.4 Å². The fourth-order valence-corrected chi connectivity index (χ4v) is 6.81. The standard InChI is InChI=1S/C29H26F4N4O5S2/c30-21-11-16(6-9-24(21)44(34,41)42)10-20-23(12-15-4-5-15)37(27-35-22(14-43-27)26(38)39)36-25(20)17-2-1-3-19(13-17)28(40,18-7-8-18)29(31,32)33/h1-3,6,9,11,13-15,18,40H,4-5,7-8,10,12H2,(H,38,39)(H2,34,41,42). The Bertz CT molecular complexity index is 1880. The first-order valence-electron chi connectivity index (χ1n) is 13.7. The summed E-state index contributed by atoms with van der Waals surface area (Å²) in [5.41, 5.74) is -1.61. The molecule has 2 heterocycles. The molecule has 1 atom stereocenters. The molecule has 6 rings (SSSR count). The molecule has 2 aliphatic rings. The van der Waals surface area contributed by atoms with Crippen molar-refractivity contribution in [1.29, 1.82) is 0 Å². The number of primary sulfonamides is 1. The molecule has 2 aromatic carbocycles. The zero-order chi connectivity index (χ0) is 31.6. The normalized spacial score (nSPS) is 17.0. The van der Waals surface area contributed by atoms with E-state index in [0.29, 0.717) is 23.2 Å². The summed E-state index contributed by atoms with van der Waals surface area (Å²) in [5, 5.41) is 31.8. The second kappa shape index (κ2) is 10.8. The molecule has 0 bridgehead atoms. The minimum atomic E-state index is -4.93. The van der Waals surface area contributed by atoms with Crippen molar-refractivity contribution in [3.05, 3.63) is 81.7 Å². The largest absolute Gasteiger partial charge is 0.476 e. The van der Waals surface area contributed by atoms with Crippen molar-refractivity contribution in [2.75, 3.05) is 0 Å². The number of halogens is 4. The first kappa shape index (κ1) is 30.4. The second-order valence-corrected chi connectivity index (χ2v) is 13.6. The van der Waals surface area contributed by atoms with Gasteiger partial charge in [-0.15, -0.1) is 11.3 Å². The third-order valence-corrected chi connectivity index (χ3v) is 9.78. The number of aromatic carboxylic acids is 1. The molecule has 4 aromatic rings. The van der Waals surface area contributed by atoms with Crippen LogP contribution in [0.1, 0.15) is 58.6 Å². The highest BCUT2D eigenvalue weighted by atomic mass is 32.2. The van der Waals surface area contributed by atoms with Gasteiger partial charge in [-0.05, 0) is 67.3 Å². The minimum absolute atomic E-state index is 0.00671. The summed E-state index contributed by atoms with van der Waals surface area (Å²) in [6.45, 7) is 0. The van der Waals surface area contributed by atoms with Gasteiger partial charge in [0.25, 0.3) is 0 Å². The highest BCUT2D eigenvalue weighted by molar-refractivity contribution is 7.89. The maximum Gasteiger partial charge on any atom is 0.421 e. The van der Waals surface area contributed by atoms with Crippen molar-refractivity contribution in [2.45, 2.75) is 55.2 Å². The number of thiazole rings is 1. The Balaban J connectivity index is 1.54. The zero-order valence-corrected chi connectivity index (χ0v) is 24.5. The Labute approximate surface area is 253 Å². The summed E-state index contributed by atoms with van der Waals surface area (Å²) in [4.78, 5) is 15.1. The van der Waals surface area contributed by atoms with Gasteiger partial charge in [0.15, 0.2) is 11.3 Å². The first-order valence-corrected chi connectivity index (χ1v) is 16.1. The van der Waals surface area contributed by atoms with Gasteiger partial charge in [-0.3, -0.25) is 0 Å². The number of carboxylic acid groups (broad SMARTS) is 1. The van der Waals surface area contributed by atoms with Crippen LogP contribution in [0, 0.1) is 17.7 Å². The van der Waals surface area contributed by atoms with Crippen molar-refractivity contribution in [3.63, 3.8) is 0 Å². The van der Waals surface area contributed by atoms with Crippen molar-refractivity contribution >= 4 is 27.3 Å². The molecule has 2 fully saturated rings. The van der Waals surface area contributed by atoms with Gasteiger partial charge in [0.05, 0.1) is 11.4 Å². The highest BCUT2D eigenvalue weighted by Gasteiger charge is 2.62. The van der Waals surface area contributed by atoms with Gasteiger partial charge >= 0.3 is 12.1 Å². The molecule has 2 aliphatic carbocycles. The molecule has 0 amide bonds. The summed E-state index contributed by atoms with van der Waals surface area (Å²) >= 11 is 1.03. The zero-order valence-electron chi connectivity index (χ0n) is 22.9. The Morgan fingerprint density at radius 3 is 2.41 bits per heavy atom. The number of aliphatic hydroxyl groups is 1. The van der Waals surface area contributed by atoms with E-state index >= 15 is 0 Å². The Morgan fingerprint density at radius 2 is 1.84 bits per heavy atom. The highest BCUT2D eigenvalue weighted by Crippen LogP contribution is 2.54. The van der Waals surface area contributed by atoms with Crippen molar-refractivity contribution in [2.24, 2.45) is 17.0 Å². The van der Waals surface area contributed by atoms with E-state index in [4.69, 9.17) is 10.2 Å². The van der Waals surface area contributed by atoms with E-state index in [1.807, 2.05) is 0 Å². The Hall–Kier alpha value is -3.66. The fourth-order valence-electron chi connectivity index (χ4n) is 5.45. The Kier molecular flexibility index (Phi) is 7.42. The number of carbonyl (C=O) groups is 1. The molecule has 44 heavy (non-hydrogen) atoms. The van der Waals surface area contributed by atoms with Crippen LogP contribution in [0.25, 0.3) is 16.4 Å². The average molecular weight is 651 g/mol. The molecule has 1 unspecified atom stereocenters. The molecule has 2 aromatic heterocycles. The van der Waals surface area contributed by atoms with Crippen LogP contribution in [0.5, 0.6) is 0 Å². The molecule has 15 heteroatoms. The van der Waals surface area contributed by atoms with Crippen LogP contribution in [-0.2, 0) is 28.5 Å². The average Bonchev–Trinajstić information content (AvgIpc) is 3.87. The summed E-state index contributed by atoms with van der Waals surface area (Å²) < 4.78 is 82.5. The second-order valence-electron chi connectivity index (χ2n) is 11.3. The molecule has 9 nitrogen and oxygen atoms in total. The van der Waals surface area contributed by atoms with E-state index in [-0.39, 0.29) is 52.8 Å². The van der Waals surface area contributed by atoms with Gasteiger partial charge in [-0.2, -0.15) is 18.3 Å². The van der Waals surface area contributed by atoms with Crippen molar-refractivity contribution in [1.82, 2.24) is 14.8 Å². The lowest BCUT2D eigenvalue weighted by Crippen LogP contribution is -2.44. The van der Waals surface area contributed by atoms with E-state index < -0.39 is 44.4 Å². The lowest BCUT2D eigenvalue weighted by Gasteiger charge is -2.31. The van der Waals surface area contributed by atoms with Gasteiger partial charge < -0.3 is 10.2 Å². The molecule has 4 N–H and O–H groups in total. The van der Waals surface area contributed by atoms with E-state index in [2.05, 4.69) is 4.98 Å². The monoisotopic (exact) mass is 650 g/mol. The summed E-state index contributed by atoms with van der Waals surface area (Å²) in [7, 11) is -4.32. The predicted molar refractivity (Wildman–Crippen MR) is 151 cm³/mol. The van der Waals surface area contributed by atoms with Crippen LogP contribution in [0.4, 0.5) is 17.6 Å². The van der Waals surface area contributed by atoms with E-state index in [1.54, 1.807) is 6.07 Å². The third kappa shape index (κ3) is 5.64. The van der Waals surface area contributed by atoms with E-state index in [0.717, 1.165) is 36.3 Å². The fraction of sp³-hybridized carbons (Fsp3) is 0.345. The van der Waals surface area contributed by atoms with Crippen LogP contribution >= 0.6 is 11.3 Å². The van der Waals surface area contributed by atoms with Crippen LogP contribution < -0.4 is 5.14 Å². The van der Waals surface area contributed by atoms with Crippen LogP contribution in [0.2, 0.25) is 0 Å². The molecule has 0 radical (unpaired) electrons. The number of aromatic nitrogens is 3. The van der Waals surface area contributed by atoms with Crippen molar-refractivity contribution in [3.8, 4) is 16.4 Å². The van der Waals surface area contributed by atoms with Gasteiger partial charge in [-0.1, -0.05) is 24.3 Å². The number of alkyl halides is 3. The molecule has 232 valence electrons. The predicted octanol–water partition coefficient (Wildman–Crippen LogP) is 5.18. The number of hydrogen-bond acceptors (Lipinski definition) is 7. The lowest BCUT2D eigenvalue weighted by atomic mass is 9.86. The SMILES string of the molecule is NS(=O)(=O)c1ccc(Cc2c(-c3cccc(C(O)(C4CC4)C(F)(F)F)c3)nn(-c3nc(C(=O)O)cs3)c2CC2CC2)cc1F. The maximum atomic E-state index is 14.8. The number of carboxylic acids is 1. The van der Waals surface area contributed by atoms with Crippen LogP contribution in [0.15, 0.2) is 52.7 Å². The summed E-state index contributed by atoms with van der Waals surface area (Å²) in [6, 6.07) is 8.89. The third-order valence-electron chi connectivity index (χ3n) is 8.02. The van der Waals surface area contributed by atoms with Crippen LogP contribution in [-0.4, -0.2) is 45.5 Å². The quantitative estimate of drug-likeness (QED) is 0.200. The van der Waals surface area contributed by atoms with E-state index in [9.17, 15) is 41.0 Å². The topological polar surface area (TPSA) is 148 Å². The molecule has 0 aliphatic heterocycles. The molecular formula is C29H26F4N4O5S2. The lowest BCUT2D eigenvalue weighted by molar-refractivity contribution is -0.275. The number of rotatable bonds is 10. The van der Waals surface area contributed by atoms with Gasteiger partial charge in [0.1, 0.15) is 10.7 Å². The Morgan fingerprint density at radius 1 is 1.11 bits per heavy atom. The molecule has 2 saturated carbocycles. The molecular weight excluding hydrogens is 624 g/mol. The van der Waals surface area contributed by atoms with E-state index in [1.165, 1.54) is 34.3 Å². The summed E-state index contributed by atoms with van der Waals surface area (Å²) in [6.07, 6.45) is -2.15. The van der Waals surface area contributed by atoms with Crippen molar-refractivity contribution < 1.29 is 41.0 Å². The number of benzene rings is 2. The molecule has 0 saturated heterocycles. The van der Waals surface area contributed by atoms with Gasteiger partial charge in [0.2, 0.25) is 15.2 Å². The number of nitrogens with zero attached hydrogens (tertiary/aromatic N) is 3. The van der Waals surface area contributed by atoms with Crippen LogP contribution in [0.3, 0.4) is 0 Å². The summed E-state index contributed by atoms with van der Waals surface area (Å²) in [5.74, 6) is -3.01. The molecule has 0 spiro atoms. The number of sulfonamides is 1. The number of hydrogen-bond donors (Lipinski definition) is 3. The number of nitrogens with two attached hydrogens (primary N) is 1. The first-order chi connectivity index (χ1) is 20.7.